The summed E-state index contributed by atoms with van der Waals surface area (Å²) in [6.07, 6.45) is 0.824. The molecule has 0 aromatic heterocycles. The van der Waals surface area contributed by atoms with Gasteiger partial charge in [-0.2, -0.15) is 0 Å². The standard InChI is InChI=1S/C26H23N/c1-18-9-7-16-23(19(18)2)26(27)25-15-6-4-11-22(25)17-21-13-8-12-20-10-3-5-14-24(20)21/h3-16,27H,17H2,1-2H3. The molecule has 0 spiro atoms. The molecule has 4 aromatic carbocycles. The van der Waals surface area contributed by atoms with Gasteiger partial charge in [0.25, 0.3) is 0 Å². The molecule has 4 rings (SSSR count). The Morgan fingerprint density at radius 1 is 0.667 bits per heavy atom. The number of benzene rings is 4. The SMILES string of the molecule is Cc1cccc(C(=N)c2ccccc2Cc2cccc3ccccc23)c1C. The van der Waals surface area contributed by atoms with Gasteiger partial charge in [-0.25, -0.2) is 0 Å². The van der Waals surface area contributed by atoms with Crippen molar-refractivity contribution in [1.82, 2.24) is 0 Å². The molecule has 0 aliphatic heterocycles. The Kier molecular flexibility index (Phi) is 4.60. The van der Waals surface area contributed by atoms with E-state index in [0.717, 1.165) is 17.5 Å². The van der Waals surface area contributed by atoms with Crippen molar-refractivity contribution >= 4 is 16.5 Å². The molecular formula is C26H23N. The van der Waals surface area contributed by atoms with Crippen LogP contribution in [0.3, 0.4) is 0 Å². The van der Waals surface area contributed by atoms with Crippen LogP contribution in [0, 0.1) is 19.3 Å². The predicted molar refractivity (Wildman–Crippen MR) is 115 cm³/mol. The van der Waals surface area contributed by atoms with Crippen LogP contribution in [0.15, 0.2) is 84.9 Å². The van der Waals surface area contributed by atoms with Crippen LogP contribution in [0.25, 0.3) is 10.8 Å². The molecule has 0 amide bonds. The molecular weight excluding hydrogens is 326 g/mol. The molecule has 0 aliphatic carbocycles. The largest absolute Gasteiger partial charge is 0.300 e. The van der Waals surface area contributed by atoms with E-state index in [4.69, 9.17) is 5.41 Å². The van der Waals surface area contributed by atoms with Crippen LogP contribution in [0.4, 0.5) is 0 Å². The fourth-order valence-electron chi connectivity index (χ4n) is 3.74. The van der Waals surface area contributed by atoms with Gasteiger partial charge in [0.15, 0.2) is 0 Å². The summed E-state index contributed by atoms with van der Waals surface area (Å²) < 4.78 is 0. The number of rotatable bonds is 4. The smallest absolute Gasteiger partial charge is 0.0690 e. The monoisotopic (exact) mass is 349 g/mol. The van der Waals surface area contributed by atoms with Crippen LogP contribution in [0.5, 0.6) is 0 Å². The van der Waals surface area contributed by atoms with E-state index in [9.17, 15) is 0 Å². The number of nitrogens with one attached hydrogen (secondary N) is 1. The highest BCUT2D eigenvalue weighted by molar-refractivity contribution is 6.12. The summed E-state index contributed by atoms with van der Waals surface area (Å²) in [5, 5.41) is 11.4. The molecule has 0 saturated carbocycles. The third-order valence-corrected chi connectivity index (χ3v) is 5.42. The number of hydrogen-bond donors (Lipinski definition) is 1. The number of hydrogen-bond acceptors (Lipinski definition) is 1. The lowest BCUT2D eigenvalue weighted by Crippen LogP contribution is -2.08. The molecule has 0 atom stereocenters. The second kappa shape index (κ2) is 7.20. The van der Waals surface area contributed by atoms with E-state index in [0.29, 0.717) is 5.71 Å². The summed E-state index contributed by atoms with van der Waals surface area (Å²) >= 11 is 0. The van der Waals surface area contributed by atoms with E-state index in [2.05, 4.69) is 86.6 Å². The number of aryl methyl sites for hydroxylation is 1. The van der Waals surface area contributed by atoms with Crippen molar-refractivity contribution in [2.45, 2.75) is 20.3 Å². The van der Waals surface area contributed by atoms with Gasteiger partial charge in [-0.1, -0.05) is 84.9 Å². The van der Waals surface area contributed by atoms with E-state index in [-0.39, 0.29) is 0 Å². The Hall–Kier alpha value is -3.19. The third kappa shape index (κ3) is 3.29. The molecule has 1 N–H and O–H groups in total. The Balaban J connectivity index is 1.78. The molecule has 0 radical (unpaired) electrons. The van der Waals surface area contributed by atoms with E-state index in [1.165, 1.54) is 33.0 Å². The molecule has 0 fully saturated rings. The predicted octanol–water partition coefficient (Wildman–Crippen LogP) is 6.46. The van der Waals surface area contributed by atoms with Crippen molar-refractivity contribution in [2.75, 3.05) is 0 Å². The lowest BCUT2D eigenvalue weighted by Gasteiger charge is -2.15. The van der Waals surface area contributed by atoms with Gasteiger partial charge in [0.05, 0.1) is 5.71 Å². The molecule has 0 saturated heterocycles. The Morgan fingerprint density at radius 2 is 1.30 bits per heavy atom. The first kappa shape index (κ1) is 17.2. The topological polar surface area (TPSA) is 23.9 Å². The van der Waals surface area contributed by atoms with Gasteiger partial charge in [0, 0.05) is 11.1 Å². The molecule has 132 valence electrons. The maximum atomic E-state index is 8.88. The van der Waals surface area contributed by atoms with Crippen LogP contribution >= 0.6 is 0 Å². The quantitative estimate of drug-likeness (QED) is 0.409. The summed E-state index contributed by atoms with van der Waals surface area (Å²) in [5.41, 5.74) is 7.53. The molecule has 1 heteroatoms. The minimum absolute atomic E-state index is 0.604. The lowest BCUT2D eigenvalue weighted by atomic mass is 9.90. The minimum Gasteiger partial charge on any atom is -0.300 e. The zero-order chi connectivity index (χ0) is 18.8. The van der Waals surface area contributed by atoms with E-state index >= 15 is 0 Å². The molecule has 0 bridgehead atoms. The molecule has 4 aromatic rings. The lowest BCUT2D eigenvalue weighted by molar-refractivity contribution is 1.20. The van der Waals surface area contributed by atoms with E-state index in [1.54, 1.807) is 0 Å². The highest BCUT2D eigenvalue weighted by Crippen LogP contribution is 2.25. The summed E-state index contributed by atoms with van der Waals surface area (Å²) in [7, 11) is 0. The van der Waals surface area contributed by atoms with Gasteiger partial charge in [-0.3, -0.25) is 5.41 Å². The van der Waals surface area contributed by atoms with Gasteiger partial charge in [-0.05, 0) is 53.3 Å². The minimum atomic E-state index is 0.604. The second-order valence-electron chi connectivity index (χ2n) is 7.09. The average Bonchev–Trinajstić information content (AvgIpc) is 2.70. The molecule has 1 nitrogen and oxygen atoms in total. The second-order valence-corrected chi connectivity index (χ2v) is 7.09. The molecule has 0 aliphatic rings. The van der Waals surface area contributed by atoms with Crippen molar-refractivity contribution in [1.29, 1.82) is 5.41 Å². The van der Waals surface area contributed by atoms with Crippen molar-refractivity contribution in [2.24, 2.45) is 0 Å². The van der Waals surface area contributed by atoms with Gasteiger partial charge >= 0.3 is 0 Å². The zero-order valence-corrected chi connectivity index (χ0v) is 15.8. The Morgan fingerprint density at radius 3 is 2.19 bits per heavy atom. The van der Waals surface area contributed by atoms with E-state index < -0.39 is 0 Å². The van der Waals surface area contributed by atoms with Gasteiger partial charge in [-0.15, -0.1) is 0 Å². The van der Waals surface area contributed by atoms with Gasteiger partial charge in [0.2, 0.25) is 0 Å². The fourth-order valence-corrected chi connectivity index (χ4v) is 3.74. The maximum Gasteiger partial charge on any atom is 0.0690 e. The fraction of sp³-hybridized carbons (Fsp3) is 0.115. The first-order valence-electron chi connectivity index (χ1n) is 9.35. The average molecular weight is 349 g/mol. The van der Waals surface area contributed by atoms with Crippen molar-refractivity contribution < 1.29 is 0 Å². The van der Waals surface area contributed by atoms with E-state index in [1.807, 2.05) is 12.1 Å². The first-order chi connectivity index (χ1) is 13.1. The molecule has 0 heterocycles. The Bertz CT molecular complexity index is 1130. The third-order valence-electron chi connectivity index (χ3n) is 5.42. The molecule has 27 heavy (non-hydrogen) atoms. The van der Waals surface area contributed by atoms with Crippen LogP contribution < -0.4 is 0 Å². The van der Waals surface area contributed by atoms with Crippen LogP contribution in [0.2, 0.25) is 0 Å². The van der Waals surface area contributed by atoms with Gasteiger partial charge in [0.1, 0.15) is 0 Å². The summed E-state index contributed by atoms with van der Waals surface area (Å²) in [6, 6.07) is 29.5. The van der Waals surface area contributed by atoms with Crippen LogP contribution in [0.1, 0.15) is 33.4 Å². The summed E-state index contributed by atoms with van der Waals surface area (Å²) in [5.74, 6) is 0. The van der Waals surface area contributed by atoms with Gasteiger partial charge < -0.3 is 0 Å². The van der Waals surface area contributed by atoms with Crippen LogP contribution in [-0.2, 0) is 6.42 Å². The highest BCUT2D eigenvalue weighted by atomic mass is 14.4. The first-order valence-corrected chi connectivity index (χ1v) is 9.35. The number of fused-ring (bicyclic) bond motifs is 1. The highest BCUT2D eigenvalue weighted by Gasteiger charge is 2.13. The van der Waals surface area contributed by atoms with Crippen LogP contribution in [-0.4, -0.2) is 5.71 Å². The van der Waals surface area contributed by atoms with Crippen molar-refractivity contribution in [3.05, 3.63) is 118 Å². The molecule has 0 unspecified atom stereocenters. The zero-order valence-electron chi connectivity index (χ0n) is 15.8. The summed E-state index contributed by atoms with van der Waals surface area (Å²) in [6.45, 7) is 4.21. The van der Waals surface area contributed by atoms with Crippen molar-refractivity contribution in [3.8, 4) is 0 Å². The normalized spacial score (nSPS) is 10.9. The maximum absolute atomic E-state index is 8.88. The Labute approximate surface area is 160 Å². The van der Waals surface area contributed by atoms with Crippen molar-refractivity contribution in [3.63, 3.8) is 0 Å². The summed E-state index contributed by atoms with van der Waals surface area (Å²) in [4.78, 5) is 0.